The predicted octanol–water partition coefficient (Wildman–Crippen LogP) is 4.37. The van der Waals surface area contributed by atoms with Crippen LogP contribution in [0.25, 0.3) is 0 Å². The summed E-state index contributed by atoms with van der Waals surface area (Å²) in [6.07, 6.45) is 8.04. The normalized spacial score (nSPS) is 24.7. The molecule has 3 rings (SSSR count). The van der Waals surface area contributed by atoms with Crippen LogP contribution in [0.15, 0.2) is 47.7 Å². The number of rotatable bonds is 1. The number of hydrogen-bond donors (Lipinski definition) is 0. The molecule has 0 radical (unpaired) electrons. The number of fused-ring (bicyclic) bond motifs is 1. The van der Waals surface area contributed by atoms with Crippen LogP contribution in [0, 0.1) is 0 Å². The van der Waals surface area contributed by atoms with Gasteiger partial charge >= 0.3 is 0 Å². The molecule has 0 spiro atoms. The summed E-state index contributed by atoms with van der Waals surface area (Å²) in [4.78, 5) is 14.2. The Morgan fingerprint density at radius 2 is 1.81 bits per heavy atom. The van der Waals surface area contributed by atoms with Crippen LogP contribution < -0.4 is 4.90 Å². The molecule has 2 nitrogen and oxygen atoms in total. The van der Waals surface area contributed by atoms with E-state index in [1.165, 1.54) is 16.9 Å². The van der Waals surface area contributed by atoms with Crippen LogP contribution >= 0.6 is 0 Å². The number of allylic oxidation sites excluding steroid dienone is 4. The molecule has 0 aromatic heterocycles. The van der Waals surface area contributed by atoms with Gasteiger partial charge in [-0.05, 0) is 42.5 Å². The maximum atomic E-state index is 11.9. The molecule has 1 heterocycles. The summed E-state index contributed by atoms with van der Waals surface area (Å²) in [5, 5.41) is 0. The first-order valence-electron chi connectivity index (χ1n) is 7.79. The highest BCUT2D eigenvalue weighted by Gasteiger charge is 2.37. The van der Waals surface area contributed by atoms with Gasteiger partial charge in [0.05, 0.1) is 0 Å². The predicted molar refractivity (Wildman–Crippen MR) is 87.5 cm³/mol. The maximum absolute atomic E-state index is 11.9. The number of carbonyl (C=O) groups is 1. The minimum absolute atomic E-state index is 0.0138. The van der Waals surface area contributed by atoms with E-state index in [9.17, 15) is 4.79 Å². The van der Waals surface area contributed by atoms with Gasteiger partial charge < -0.3 is 4.90 Å². The topological polar surface area (TPSA) is 20.3 Å². The third-order valence-electron chi connectivity index (χ3n) is 4.84. The third-order valence-corrected chi connectivity index (χ3v) is 4.84. The first-order chi connectivity index (χ1) is 10.0. The van der Waals surface area contributed by atoms with Crippen molar-refractivity contribution in [3.05, 3.63) is 53.3 Å². The molecule has 0 atom stereocenters. The maximum Gasteiger partial charge on any atom is 0.158 e. The van der Waals surface area contributed by atoms with Crippen molar-refractivity contribution in [3.63, 3.8) is 0 Å². The first-order valence-corrected chi connectivity index (χ1v) is 7.79. The molecule has 0 saturated heterocycles. The van der Waals surface area contributed by atoms with E-state index < -0.39 is 0 Å². The van der Waals surface area contributed by atoms with Crippen LogP contribution in [0.5, 0.6) is 0 Å². The molecular formula is C19H23NO. The molecule has 0 bridgehead atoms. The van der Waals surface area contributed by atoms with Gasteiger partial charge in [0.15, 0.2) is 5.78 Å². The number of carbonyl (C=O) groups excluding carboxylic acids is 1. The number of nitrogens with zero attached hydrogens (tertiary/aromatic N) is 1. The van der Waals surface area contributed by atoms with Crippen molar-refractivity contribution in [1.29, 1.82) is 0 Å². The van der Waals surface area contributed by atoms with Crippen LogP contribution in [-0.4, -0.2) is 12.8 Å². The standard InChI is InChI=1S/C19H23NO/c1-19(2)15-9-5-6-10-16(15)20(3)18(19)13-12-14-8-4-7-11-17(14)21/h5-6,9-10,12-13H,4,7-8,11H2,1-3H3. The number of para-hydroxylation sites is 1. The van der Waals surface area contributed by atoms with E-state index in [1.54, 1.807) is 0 Å². The lowest BCUT2D eigenvalue weighted by atomic mass is 9.83. The summed E-state index contributed by atoms with van der Waals surface area (Å²) in [5.74, 6) is 0.328. The lowest BCUT2D eigenvalue weighted by Crippen LogP contribution is -2.22. The van der Waals surface area contributed by atoms with Gasteiger partial charge in [0.1, 0.15) is 0 Å². The minimum atomic E-state index is -0.0138. The Labute approximate surface area is 127 Å². The number of benzene rings is 1. The quantitative estimate of drug-likeness (QED) is 0.713. The van der Waals surface area contributed by atoms with Crippen LogP contribution in [0.1, 0.15) is 45.1 Å². The Balaban J connectivity index is 1.98. The highest BCUT2D eigenvalue weighted by molar-refractivity contribution is 5.96. The van der Waals surface area contributed by atoms with Crippen molar-refractivity contribution in [1.82, 2.24) is 0 Å². The minimum Gasteiger partial charge on any atom is -0.347 e. The smallest absolute Gasteiger partial charge is 0.158 e. The summed E-state index contributed by atoms with van der Waals surface area (Å²) < 4.78 is 0. The van der Waals surface area contributed by atoms with Crippen molar-refractivity contribution >= 4 is 11.5 Å². The van der Waals surface area contributed by atoms with Crippen LogP contribution in [0.2, 0.25) is 0 Å². The fraction of sp³-hybridized carbons (Fsp3) is 0.421. The van der Waals surface area contributed by atoms with Crippen molar-refractivity contribution in [2.75, 3.05) is 11.9 Å². The largest absolute Gasteiger partial charge is 0.347 e. The van der Waals surface area contributed by atoms with Gasteiger partial charge in [-0.15, -0.1) is 0 Å². The van der Waals surface area contributed by atoms with Crippen molar-refractivity contribution in [3.8, 4) is 0 Å². The Kier molecular flexibility index (Phi) is 3.48. The highest BCUT2D eigenvalue weighted by atomic mass is 16.1. The zero-order valence-electron chi connectivity index (χ0n) is 13.1. The molecule has 1 saturated carbocycles. The van der Waals surface area contributed by atoms with Gasteiger partial charge in [-0.3, -0.25) is 4.79 Å². The second kappa shape index (κ2) is 5.18. The van der Waals surface area contributed by atoms with Gasteiger partial charge in [0, 0.05) is 30.3 Å². The van der Waals surface area contributed by atoms with Crippen molar-refractivity contribution in [2.24, 2.45) is 0 Å². The first kappa shape index (κ1) is 14.1. The molecule has 1 aliphatic heterocycles. The van der Waals surface area contributed by atoms with Gasteiger partial charge in [0.2, 0.25) is 0 Å². The van der Waals surface area contributed by atoms with E-state index >= 15 is 0 Å². The molecule has 2 heteroatoms. The molecule has 2 aliphatic rings. The lowest BCUT2D eigenvalue weighted by Gasteiger charge is -2.24. The molecule has 1 aromatic carbocycles. The van der Waals surface area contributed by atoms with Gasteiger partial charge in [0.25, 0.3) is 0 Å². The Bertz CT molecular complexity index is 637. The summed E-state index contributed by atoms with van der Waals surface area (Å²) in [6, 6.07) is 8.54. The van der Waals surface area contributed by atoms with Crippen LogP contribution in [0.4, 0.5) is 5.69 Å². The SMILES string of the molecule is CN1C(=CC=C2CCCCC2=O)C(C)(C)c2ccccc21. The van der Waals surface area contributed by atoms with E-state index in [1.807, 2.05) is 0 Å². The number of hydrogen-bond acceptors (Lipinski definition) is 2. The fourth-order valence-electron chi connectivity index (χ4n) is 3.56. The molecule has 0 unspecified atom stereocenters. The average Bonchev–Trinajstić information content (AvgIpc) is 2.67. The Hall–Kier alpha value is -1.83. The molecular weight excluding hydrogens is 258 g/mol. The van der Waals surface area contributed by atoms with E-state index in [0.29, 0.717) is 12.2 Å². The molecule has 21 heavy (non-hydrogen) atoms. The lowest BCUT2D eigenvalue weighted by molar-refractivity contribution is -0.116. The number of Topliss-reactive ketones (excluding diaryl/α,β-unsaturated/α-hetero) is 1. The van der Waals surface area contributed by atoms with Gasteiger partial charge in [-0.1, -0.05) is 38.1 Å². The monoisotopic (exact) mass is 281 g/mol. The second-order valence-corrected chi connectivity index (χ2v) is 6.58. The van der Waals surface area contributed by atoms with Crippen LogP contribution in [0.3, 0.4) is 0 Å². The highest BCUT2D eigenvalue weighted by Crippen LogP contribution is 2.46. The molecule has 0 N–H and O–H groups in total. The van der Waals surface area contributed by atoms with E-state index in [2.05, 4.69) is 62.2 Å². The van der Waals surface area contributed by atoms with Crippen molar-refractivity contribution < 1.29 is 4.79 Å². The zero-order valence-corrected chi connectivity index (χ0v) is 13.1. The fourth-order valence-corrected chi connectivity index (χ4v) is 3.56. The second-order valence-electron chi connectivity index (χ2n) is 6.58. The number of likely N-dealkylation sites (N-methyl/N-ethyl adjacent to an activating group) is 1. The average molecular weight is 281 g/mol. The van der Waals surface area contributed by atoms with Gasteiger partial charge in [-0.25, -0.2) is 0 Å². The van der Waals surface area contributed by atoms with Crippen LogP contribution in [-0.2, 0) is 10.2 Å². The summed E-state index contributed by atoms with van der Waals surface area (Å²) in [5.41, 5.74) is 4.86. The van der Waals surface area contributed by atoms with Crippen molar-refractivity contribution in [2.45, 2.75) is 44.9 Å². The molecule has 1 aliphatic carbocycles. The van der Waals surface area contributed by atoms with E-state index in [-0.39, 0.29) is 5.41 Å². The molecule has 1 aromatic rings. The van der Waals surface area contributed by atoms with Gasteiger partial charge in [-0.2, -0.15) is 0 Å². The number of anilines is 1. The summed E-state index contributed by atoms with van der Waals surface area (Å²) in [7, 11) is 2.11. The van der Waals surface area contributed by atoms with E-state index in [4.69, 9.17) is 0 Å². The summed E-state index contributed by atoms with van der Waals surface area (Å²) >= 11 is 0. The zero-order chi connectivity index (χ0) is 15.0. The molecule has 1 fully saturated rings. The molecule has 110 valence electrons. The summed E-state index contributed by atoms with van der Waals surface area (Å²) in [6.45, 7) is 4.50. The van der Waals surface area contributed by atoms with E-state index in [0.717, 1.165) is 24.8 Å². The Morgan fingerprint density at radius 1 is 1.10 bits per heavy atom. The number of ketones is 1. The molecule has 0 amide bonds. The third kappa shape index (κ3) is 2.33. The Morgan fingerprint density at radius 3 is 2.52 bits per heavy atom.